The fraction of sp³-hybridized carbons (Fsp3) is 0.0667. The first-order valence-corrected chi connectivity index (χ1v) is 6.41. The van der Waals surface area contributed by atoms with E-state index in [1.165, 1.54) is 6.07 Å². The van der Waals surface area contributed by atoms with Crippen molar-refractivity contribution >= 4 is 23.6 Å². The van der Waals surface area contributed by atoms with E-state index in [1.807, 2.05) is 0 Å². The Bertz CT molecular complexity index is 804. The van der Waals surface area contributed by atoms with Crippen molar-refractivity contribution in [3.63, 3.8) is 0 Å². The van der Waals surface area contributed by atoms with Gasteiger partial charge in [0.1, 0.15) is 11.4 Å². The van der Waals surface area contributed by atoms with Gasteiger partial charge in [0.05, 0.1) is 10.7 Å². The monoisotopic (exact) mass is 307 g/mol. The van der Waals surface area contributed by atoms with Gasteiger partial charge in [-0.15, -0.1) is 5.73 Å². The highest BCUT2D eigenvalue weighted by Gasteiger charge is 2.22. The lowest BCUT2D eigenvalue weighted by atomic mass is 10.3. The van der Waals surface area contributed by atoms with E-state index in [0.717, 1.165) is 17.8 Å². The summed E-state index contributed by atoms with van der Waals surface area (Å²) in [6.07, 6.45) is 3.42. The summed E-state index contributed by atoms with van der Waals surface area (Å²) in [5.74, 6) is -2.93. The van der Waals surface area contributed by atoms with Gasteiger partial charge in [0.2, 0.25) is 0 Å². The molecule has 0 N–H and O–H groups in total. The lowest BCUT2D eigenvalue weighted by Gasteiger charge is -2.10. The third-order valence-corrected chi connectivity index (χ3v) is 3.29. The molecule has 21 heavy (non-hydrogen) atoms. The van der Waals surface area contributed by atoms with E-state index < -0.39 is 17.6 Å². The number of rotatable bonds is 2. The second kappa shape index (κ2) is 5.20. The smallest absolute Gasteiger partial charge is 0.361 e. The Morgan fingerprint density at radius 3 is 2.86 bits per heavy atom. The first kappa shape index (κ1) is 13.6. The van der Waals surface area contributed by atoms with Gasteiger partial charge in [0.25, 0.3) is 0 Å². The Balaban J connectivity index is 1.91. The van der Waals surface area contributed by atoms with Gasteiger partial charge in [-0.25, -0.2) is 13.6 Å². The molecule has 1 aliphatic heterocycles. The second-order valence-corrected chi connectivity index (χ2v) is 4.76. The molecule has 2 heterocycles. The predicted molar refractivity (Wildman–Crippen MR) is 73.3 cm³/mol. The van der Waals surface area contributed by atoms with Crippen LogP contribution in [-0.2, 0) is 6.54 Å². The minimum absolute atomic E-state index is 0.0904. The van der Waals surface area contributed by atoms with Crippen LogP contribution < -0.4 is 4.74 Å². The molecule has 0 unspecified atom stereocenters. The number of carbonyl (C=O) groups is 1. The minimum atomic E-state index is -1.09. The molecule has 1 aromatic carbocycles. The number of halogens is 3. The van der Waals surface area contributed by atoms with Gasteiger partial charge in [0, 0.05) is 18.7 Å². The van der Waals surface area contributed by atoms with Crippen molar-refractivity contribution in [3.05, 3.63) is 64.1 Å². The van der Waals surface area contributed by atoms with Crippen molar-refractivity contribution in [2.24, 2.45) is 0 Å². The Morgan fingerprint density at radius 2 is 2.10 bits per heavy atom. The molecule has 1 aliphatic rings. The first-order valence-electron chi connectivity index (χ1n) is 6.03. The number of esters is 1. The van der Waals surface area contributed by atoms with E-state index in [2.05, 4.69) is 5.73 Å². The molecule has 3 nitrogen and oxygen atoms in total. The number of carbonyl (C=O) groups excluding carboxylic acids is 1. The van der Waals surface area contributed by atoms with Crippen molar-refractivity contribution < 1.29 is 18.3 Å². The molecule has 0 fully saturated rings. The molecule has 0 bridgehead atoms. The van der Waals surface area contributed by atoms with Gasteiger partial charge in [-0.1, -0.05) is 11.6 Å². The molecule has 3 rings (SSSR count). The molecule has 6 heteroatoms. The summed E-state index contributed by atoms with van der Waals surface area (Å²) in [7, 11) is 0. The summed E-state index contributed by atoms with van der Waals surface area (Å²) in [5, 5.41) is 0.228. The fourth-order valence-corrected chi connectivity index (χ4v) is 2.33. The summed E-state index contributed by atoms with van der Waals surface area (Å²) >= 11 is 6.04. The SMILES string of the molecule is O=C(Oc1ccc(F)c(F)c1)c1c(Cl)cc2n1CC=C=C2. The van der Waals surface area contributed by atoms with Crippen molar-refractivity contribution in [2.75, 3.05) is 0 Å². The molecule has 2 aromatic rings. The van der Waals surface area contributed by atoms with Gasteiger partial charge in [0.15, 0.2) is 11.6 Å². The molecule has 0 atom stereocenters. The number of allylic oxidation sites excluding steroid dienone is 1. The van der Waals surface area contributed by atoms with E-state index in [9.17, 15) is 13.6 Å². The third-order valence-electron chi connectivity index (χ3n) is 3.00. The van der Waals surface area contributed by atoms with Crippen LogP contribution in [0.25, 0.3) is 6.08 Å². The van der Waals surface area contributed by atoms with Crippen LogP contribution in [0.3, 0.4) is 0 Å². The van der Waals surface area contributed by atoms with E-state index in [0.29, 0.717) is 6.54 Å². The molecule has 0 saturated carbocycles. The molecule has 0 amide bonds. The highest BCUT2D eigenvalue weighted by atomic mass is 35.5. The number of hydrogen-bond acceptors (Lipinski definition) is 2. The van der Waals surface area contributed by atoms with Gasteiger partial charge in [-0.2, -0.15) is 0 Å². The largest absolute Gasteiger partial charge is 0.422 e. The minimum Gasteiger partial charge on any atom is -0.422 e. The number of benzene rings is 1. The van der Waals surface area contributed by atoms with Crippen LogP contribution in [0.5, 0.6) is 5.75 Å². The zero-order chi connectivity index (χ0) is 15.0. The van der Waals surface area contributed by atoms with Crippen LogP contribution in [0.4, 0.5) is 8.78 Å². The van der Waals surface area contributed by atoms with E-state index >= 15 is 0 Å². The lowest BCUT2D eigenvalue weighted by Crippen LogP contribution is -2.16. The van der Waals surface area contributed by atoms with Gasteiger partial charge >= 0.3 is 5.97 Å². The van der Waals surface area contributed by atoms with Gasteiger partial charge in [-0.3, -0.25) is 0 Å². The van der Waals surface area contributed by atoms with Gasteiger partial charge in [-0.05, 0) is 24.3 Å². The van der Waals surface area contributed by atoms with Gasteiger partial charge < -0.3 is 9.30 Å². The van der Waals surface area contributed by atoms with Crippen LogP contribution in [0.15, 0.2) is 36.1 Å². The Morgan fingerprint density at radius 1 is 1.29 bits per heavy atom. The van der Waals surface area contributed by atoms with E-state index in [4.69, 9.17) is 16.3 Å². The molecular formula is C15H8ClF2NO2. The molecular weight excluding hydrogens is 300 g/mol. The number of aromatic nitrogens is 1. The van der Waals surface area contributed by atoms with Crippen molar-refractivity contribution in [1.82, 2.24) is 4.57 Å². The Hall–Kier alpha value is -2.36. The zero-order valence-electron chi connectivity index (χ0n) is 10.6. The maximum atomic E-state index is 13.1. The fourth-order valence-electron chi connectivity index (χ4n) is 2.04. The van der Waals surface area contributed by atoms with Crippen LogP contribution >= 0.6 is 11.6 Å². The topological polar surface area (TPSA) is 31.2 Å². The van der Waals surface area contributed by atoms with Crippen molar-refractivity contribution in [2.45, 2.75) is 6.54 Å². The first-order chi connectivity index (χ1) is 10.1. The molecule has 1 aromatic heterocycles. The Kier molecular flexibility index (Phi) is 3.37. The Labute approximate surface area is 123 Å². The highest BCUT2D eigenvalue weighted by Crippen LogP contribution is 2.26. The van der Waals surface area contributed by atoms with Crippen LogP contribution in [-0.4, -0.2) is 10.5 Å². The van der Waals surface area contributed by atoms with Crippen LogP contribution in [0, 0.1) is 11.6 Å². The van der Waals surface area contributed by atoms with Crippen molar-refractivity contribution in [1.29, 1.82) is 0 Å². The predicted octanol–water partition coefficient (Wildman–Crippen LogP) is 3.82. The molecule has 0 radical (unpaired) electrons. The van der Waals surface area contributed by atoms with E-state index in [-0.39, 0.29) is 16.5 Å². The quantitative estimate of drug-likeness (QED) is 0.480. The van der Waals surface area contributed by atoms with Crippen molar-refractivity contribution in [3.8, 4) is 5.75 Å². The number of fused-ring (bicyclic) bond motifs is 1. The summed E-state index contributed by atoms with van der Waals surface area (Å²) in [6, 6.07) is 4.48. The average Bonchev–Trinajstić information content (AvgIpc) is 2.78. The number of nitrogens with zero attached hydrogens (tertiary/aromatic N) is 1. The average molecular weight is 308 g/mol. The molecule has 106 valence electrons. The van der Waals surface area contributed by atoms with Crippen LogP contribution in [0.1, 0.15) is 16.2 Å². The standard InChI is InChI=1S/C15H8ClF2NO2/c16-11-7-9-3-1-2-6-19(9)14(11)15(20)21-10-4-5-12(17)13(18)8-10/h2-5,7-8H,6H2. The normalized spacial score (nSPS) is 12.3. The lowest BCUT2D eigenvalue weighted by molar-refractivity contribution is 0.0723. The summed E-state index contributed by atoms with van der Waals surface area (Å²) in [4.78, 5) is 12.2. The maximum absolute atomic E-state index is 13.1. The molecule has 0 saturated heterocycles. The summed E-state index contributed by atoms with van der Waals surface area (Å²) < 4.78 is 32.6. The second-order valence-electron chi connectivity index (χ2n) is 4.36. The molecule has 0 aliphatic carbocycles. The summed E-state index contributed by atoms with van der Waals surface area (Å²) in [5.41, 5.74) is 3.79. The maximum Gasteiger partial charge on any atom is 0.361 e. The van der Waals surface area contributed by atoms with Crippen LogP contribution in [0.2, 0.25) is 5.02 Å². The van der Waals surface area contributed by atoms with E-state index in [1.54, 1.807) is 22.8 Å². The third kappa shape index (κ3) is 2.49. The highest BCUT2D eigenvalue weighted by molar-refractivity contribution is 6.33. The number of hydrogen-bond donors (Lipinski definition) is 0. The molecule has 0 spiro atoms. The number of ether oxygens (including phenoxy) is 1. The zero-order valence-corrected chi connectivity index (χ0v) is 11.3. The summed E-state index contributed by atoms with van der Waals surface area (Å²) in [6.45, 7) is 0.431.